The van der Waals surface area contributed by atoms with E-state index in [1.165, 1.54) is 18.2 Å². The van der Waals surface area contributed by atoms with Crippen LogP contribution in [0.2, 0.25) is 10.0 Å². The summed E-state index contributed by atoms with van der Waals surface area (Å²) in [7, 11) is 0. The van der Waals surface area contributed by atoms with Crippen LogP contribution in [0.15, 0.2) is 46.8 Å². The highest BCUT2D eigenvalue weighted by molar-refractivity contribution is 8.01. The van der Waals surface area contributed by atoms with Gasteiger partial charge in [-0.1, -0.05) is 58.4 Å². The maximum atomic E-state index is 13.6. The molecule has 3 rings (SSSR count). The Kier molecular flexibility index (Phi) is 6.84. The number of nitrogens with one attached hydrogen (secondary N) is 2. The number of anilines is 2. The first-order valence-electron chi connectivity index (χ1n) is 7.69. The average Bonchev–Trinajstić information content (AvgIpc) is 3.11. The van der Waals surface area contributed by atoms with Crippen LogP contribution in [0.3, 0.4) is 0 Å². The van der Waals surface area contributed by atoms with E-state index in [1.54, 1.807) is 24.3 Å². The lowest BCUT2D eigenvalue weighted by molar-refractivity contribution is -0.113. The SMILES string of the molecule is O=C(CSc1nnc(NC(=O)c2ccccc2F)s1)Nc1ccc(Cl)c(Cl)c1. The molecule has 0 saturated heterocycles. The summed E-state index contributed by atoms with van der Waals surface area (Å²) < 4.78 is 14.1. The van der Waals surface area contributed by atoms with Crippen LogP contribution in [0.5, 0.6) is 0 Å². The Morgan fingerprint density at radius 3 is 2.61 bits per heavy atom. The van der Waals surface area contributed by atoms with Gasteiger partial charge in [-0.3, -0.25) is 14.9 Å². The minimum atomic E-state index is -0.627. The van der Waals surface area contributed by atoms with Crippen molar-refractivity contribution >= 4 is 68.9 Å². The number of halogens is 3. The van der Waals surface area contributed by atoms with Crippen LogP contribution in [0.25, 0.3) is 0 Å². The van der Waals surface area contributed by atoms with E-state index >= 15 is 0 Å². The Hall–Kier alpha value is -2.20. The third-order valence-corrected chi connectivity index (χ3v) is 5.99. The van der Waals surface area contributed by atoms with E-state index in [2.05, 4.69) is 20.8 Å². The summed E-state index contributed by atoms with van der Waals surface area (Å²) in [4.78, 5) is 24.1. The predicted octanol–water partition coefficient (Wildman–Crippen LogP) is 4.97. The standard InChI is InChI=1S/C17H11Cl2FN4O2S2/c18-11-6-5-9(7-12(11)19)21-14(25)8-27-17-24-23-16(28-17)22-15(26)10-3-1-2-4-13(10)20/h1-7H,8H2,(H,21,25)(H,22,23,26). The molecule has 0 aliphatic rings. The topological polar surface area (TPSA) is 84.0 Å². The third kappa shape index (κ3) is 5.41. The van der Waals surface area contributed by atoms with Gasteiger partial charge < -0.3 is 5.32 Å². The molecule has 0 aliphatic heterocycles. The third-order valence-electron chi connectivity index (χ3n) is 3.28. The lowest BCUT2D eigenvalue weighted by atomic mass is 10.2. The van der Waals surface area contributed by atoms with Gasteiger partial charge in [0.15, 0.2) is 4.34 Å². The van der Waals surface area contributed by atoms with Crippen LogP contribution in [-0.4, -0.2) is 27.8 Å². The van der Waals surface area contributed by atoms with Crippen LogP contribution in [0, 0.1) is 5.82 Å². The molecule has 2 N–H and O–H groups in total. The molecule has 0 saturated carbocycles. The van der Waals surface area contributed by atoms with Gasteiger partial charge >= 0.3 is 0 Å². The van der Waals surface area contributed by atoms with E-state index in [0.29, 0.717) is 20.1 Å². The molecule has 2 aromatic carbocycles. The fraction of sp³-hybridized carbons (Fsp3) is 0.0588. The number of amides is 2. The fourth-order valence-corrected chi connectivity index (χ4v) is 3.87. The second kappa shape index (κ2) is 9.33. The number of carbonyl (C=O) groups excluding carboxylic acids is 2. The predicted molar refractivity (Wildman–Crippen MR) is 110 cm³/mol. The molecule has 0 unspecified atom stereocenters. The van der Waals surface area contributed by atoms with E-state index in [-0.39, 0.29) is 22.4 Å². The van der Waals surface area contributed by atoms with Crippen molar-refractivity contribution in [1.29, 1.82) is 0 Å². The summed E-state index contributed by atoms with van der Waals surface area (Å²) in [6, 6.07) is 10.4. The summed E-state index contributed by atoms with van der Waals surface area (Å²) in [5.74, 6) is -1.44. The van der Waals surface area contributed by atoms with Crippen molar-refractivity contribution in [2.75, 3.05) is 16.4 Å². The highest BCUT2D eigenvalue weighted by Gasteiger charge is 2.14. The van der Waals surface area contributed by atoms with Crippen molar-refractivity contribution < 1.29 is 14.0 Å². The molecule has 0 atom stereocenters. The van der Waals surface area contributed by atoms with Crippen molar-refractivity contribution in [3.05, 3.63) is 63.9 Å². The van der Waals surface area contributed by atoms with E-state index in [1.807, 2.05) is 0 Å². The van der Waals surface area contributed by atoms with Gasteiger partial charge in [0, 0.05) is 5.69 Å². The molecule has 0 spiro atoms. The largest absolute Gasteiger partial charge is 0.325 e. The first-order chi connectivity index (χ1) is 13.4. The molecule has 1 heterocycles. The second-order valence-electron chi connectivity index (χ2n) is 5.27. The summed E-state index contributed by atoms with van der Waals surface area (Å²) in [6.45, 7) is 0. The van der Waals surface area contributed by atoms with Gasteiger partial charge in [-0.15, -0.1) is 10.2 Å². The minimum absolute atomic E-state index is 0.0795. The number of aromatic nitrogens is 2. The quantitative estimate of drug-likeness (QED) is 0.404. The van der Waals surface area contributed by atoms with Gasteiger partial charge in [-0.05, 0) is 30.3 Å². The molecular formula is C17H11Cl2FN4O2S2. The minimum Gasteiger partial charge on any atom is -0.325 e. The van der Waals surface area contributed by atoms with Crippen LogP contribution >= 0.6 is 46.3 Å². The number of carbonyl (C=O) groups is 2. The highest BCUT2D eigenvalue weighted by atomic mass is 35.5. The number of benzene rings is 2. The molecule has 0 fully saturated rings. The summed E-state index contributed by atoms with van der Waals surface area (Å²) in [6.07, 6.45) is 0. The molecule has 2 amide bonds. The molecule has 0 aliphatic carbocycles. The summed E-state index contributed by atoms with van der Waals surface area (Å²) in [5, 5.41) is 13.8. The molecule has 3 aromatic rings. The van der Waals surface area contributed by atoms with Crippen molar-refractivity contribution in [3.8, 4) is 0 Å². The smallest absolute Gasteiger partial charge is 0.260 e. The summed E-state index contributed by atoms with van der Waals surface area (Å²) >= 11 is 14.0. The normalized spacial score (nSPS) is 10.5. The van der Waals surface area contributed by atoms with E-state index in [9.17, 15) is 14.0 Å². The molecule has 0 radical (unpaired) electrons. The summed E-state index contributed by atoms with van der Waals surface area (Å²) in [5.41, 5.74) is 0.433. The van der Waals surface area contributed by atoms with Crippen molar-refractivity contribution in [2.24, 2.45) is 0 Å². The van der Waals surface area contributed by atoms with Crippen LogP contribution in [0.1, 0.15) is 10.4 Å². The van der Waals surface area contributed by atoms with Gasteiger partial charge in [0.2, 0.25) is 11.0 Å². The monoisotopic (exact) mass is 456 g/mol. The Morgan fingerprint density at radius 2 is 1.86 bits per heavy atom. The van der Waals surface area contributed by atoms with Gasteiger partial charge in [-0.2, -0.15) is 0 Å². The van der Waals surface area contributed by atoms with Gasteiger partial charge in [0.05, 0.1) is 21.4 Å². The van der Waals surface area contributed by atoms with Crippen LogP contribution < -0.4 is 10.6 Å². The number of nitrogens with zero attached hydrogens (tertiary/aromatic N) is 2. The van der Waals surface area contributed by atoms with Crippen LogP contribution in [0.4, 0.5) is 15.2 Å². The van der Waals surface area contributed by atoms with Gasteiger partial charge in [-0.25, -0.2) is 4.39 Å². The molecule has 0 bridgehead atoms. The highest BCUT2D eigenvalue weighted by Crippen LogP contribution is 2.27. The fourth-order valence-electron chi connectivity index (χ4n) is 2.03. The van der Waals surface area contributed by atoms with Crippen molar-refractivity contribution in [3.63, 3.8) is 0 Å². The number of hydrogen-bond acceptors (Lipinski definition) is 6. The maximum Gasteiger partial charge on any atom is 0.260 e. The Bertz CT molecular complexity index is 1030. The molecule has 144 valence electrons. The zero-order valence-electron chi connectivity index (χ0n) is 13.9. The Balaban J connectivity index is 1.53. The first kappa shape index (κ1) is 20.5. The number of thioether (sulfide) groups is 1. The number of hydrogen-bond donors (Lipinski definition) is 2. The van der Waals surface area contributed by atoms with E-state index < -0.39 is 11.7 Å². The number of rotatable bonds is 6. The van der Waals surface area contributed by atoms with Gasteiger partial charge in [0.25, 0.3) is 5.91 Å². The van der Waals surface area contributed by atoms with E-state index in [4.69, 9.17) is 23.2 Å². The zero-order valence-corrected chi connectivity index (χ0v) is 17.1. The zero-order chi connectivity index (χ0) is 20.1. The lowest BCUT2D eigenvalue weighted by Crippen LogP contribution is -2.13. The maximum absolute atomic E-state index is 13.6. The van der Waals surface area contributed by atoms with E-state index in [0.717, 1.165) is 23.1 Å². The van der Waals surface area contributed by atoms with Gasteiger partial charge in [0.1, 0.15) is 5.82 Å². The first-order valence-corrected chi connectivity index (χ1v) is 10.3. The molecule has 11 heteroatoms. The molecule has 1 aromatic heterocycles. The lowest BCUT2D eigenvalue weighted by Gasteiger charge is -2.05. The second-order valence-corrected chi connectivity index (χ2v) is 8.29. The Morgan fingerprint density at radius 1 is 1.07 bits per heavy atom. The average molecular weight is 457 g/mol. The Labute approximate surface area is 177 Å². The van der Waals surface area contributed by atoms with Crippen molar-refractivity contribution in [2.45, 2.75) is 4.34 Å². The molecular weight excluding hydrogens is 446 g/mol. The van der Waals surface area contributed by atoms with Crippen LogP contribution in [-0.2, 0) is 4.79 Å². The molecule has 28 heavy (non-hydrogen) atoms. The van der Waals surface area contributed by atoms with Crippen molar-refractivity contribution in [1.82, 2.24) is 10.2 Å². The molecule has 6 nitrogen and oxygen atoms in total.